The lowest BCUT2D eigenvalue weighted by atomic mass is 10.1. The van der Waals surface area contributed by atoms with E-state index in [1.54, 1.807) is 6.92 Å². The maximum Gasteiger partial charge on any atom is 0.311 e. The van der Waals surface area contributed by atoms with Crippen LogP contribution in [0.15, 0.2) is 23.6 Å². The molecule has 0 unspecified atom stereocenters. The minimum absolute atomic E-state index is 0.151. The first-order chi connectivity index (χ1) is 11.1. The monoisotopic (exact) mass is 337 g/mol. The molecule has 0 saturated carbocycles. The van der Waals surface area contributed by atoms with Gasteiger partial charge in [-0.1, -0.05) is 0 Å². The quantitative estimate of drug-likeness (QED) is 0.360. The number of aromatic nitrogens is 3. The maximum atomic E-state index is 11.2. The zero-order valence-electron chi connectivity index (χ0n) is 12.6. The Bertz CT molecular complexity index is 783. The molecular formula is C13H15N5O4S. The molecule has 0 amide bonds. The predicted octanol–water partition coefficient (Wildman–Crippen LogP) is 2.53. The fourth-order valence-electron chi connectivity index (χ4n) is 1.81. The van der Waals surface area contributed by atoms with Crippen molar-refractivity contribution < 1.29 is 14.4 Å². The van der Waals surface area contributed by atoms with Crippen molar-refractivity contribution in [1.29, 1.82) is 0 Å². The van der Waals surface area contributed by atoms with Crippen molar-refractivity contribution in [2.75, 3.05) is 13.2 Å². The molecule has 0 atom stereocenters. The normalized spacial score (nSPS) is 10.9. The molecule has 10 heteroatoms. The largest absolute Gasteiger partial charge is 0.493 e. The lowest BCUT2D eigenvalue weighted by molar-refractivity contribution is -0.385. The average molecular weight is 337 g/mol. The summed E-state index contributed by atoms with van der Waals surface area (Å²) in [7, 11) is 0. The minimum atomic E-state index is -0.512. The van der Waals surface area contributed by atoms with E-state index in [2.05, 4.69) is 15.3 Å². The number of nitro groups is 1. The van der Waals surface area contributed by atoms with Crippen LogP contribution in [0, 0.1) is 14.9 Å². The van der Waals surface area contributed by atoms with Crippen LogP contribution in [0.2, 0.25) is 0 Å². The van der Waals surface area contributed by atoms with Gasteiger partial charge in [0.25, 0.3) is 0 Å². The third kappa shape index (κ3) is 3.92. The first kappa shape index (κ1) is 16.6. The molecule has 122 valence electrons. The van der Waals surface area contributed by atoms with Crippen LogP contribution in [0.1, 0.15) is 19.4 Å². The van der Waals surface area contributed by atoms with E-state index in [1.807, 2.05) is 6.92 Å². The van der Waals surface area contributed by atoms with Crippen molar-refractivity contribution in [1.82, 2.24) is 14.9 Å². The molecular weight excluding hydrogens is 322 g/mol. The number of hydrogen-bond donors (Lipinski definition) is 1. The van der Waals surface area contributed by atoms with E-state index in [4.69, 9.17) is 21.7 Å². The summed E-state index contributed by atoms with van der Waals surface area (Å²) in [6.07, 6.45) is 2.81. The summed E-state index contributed by atoms with van der Waals surface area (Å²) in [5.41, 5.74) is 0.276. The highest BCUT2D eigenvalue weighted by Gasteiger charge is 2.19. The van der Waals surface area contributed by atoms with Crippen molar-refractivity contribution in [2.24, 2.45) is 5.10 Å². The second kappa shape index (κ2) is 7.49. The molecule has 0 aliphatic carbocycles. The molecule has 2 rings (SSSR count). The van der Waals surface area contributed by atoms with Crippen LogP contribution in [0.3, 0.4) is 0 Å². The highest BCUT2D eigenvalue weighted by molar-refractivity contribution is 7.71. The van der Waals surface area contributed by atoms with Crippen LogP contribution in [-0.2, 0) is 0 Å². The summed E-state index contributed by atoms with van der Waals surface area (Å²) in [6, 6.07) is 2.84. The molecule has 0 radical (unpaired) electrons. The number of H-pyrrole nitrogens is 1. The summed E-state index contributed by atoms with van der Waals surface area (Å²) in [5.74, 6) is 0.582. The number of hydrogen-bond acceptors (Lipinski definition) is 7. The molecule has 2 aromatic rings. The van der Waals surface area contributed by atoms with E-state index in [1.165, 1.54) is 29.4 Å². The van der Waals surface area contributed by atoms with Gasteiger partial charge in [-0.05, 0) is 26.1 Å². The van der Waals surface area contributed by atoms with Crippen LogP contribution in [0.25, 0.3) is 0 Å². The van der Waals surface area contributed by atoms with Gasteiger partial charge in [0.15, 0.2) is 0 Å². The first-order valence-corrected chi connectivity index (χ1v) is 7.22. The first-order valence-electron chi connectivity index (χ1n) is 6.81. The molecule has 0 spiro atoms. The third-order valence-electron chi connectivity index (χ3n) is 2.74. The molecule has 0 bridgehead atoms. The summed E-state index contributed by atoms with van der Waals surface area (Å²) in [5, 5.41) is 21.6. The van der Waals surface area contributed by atoms with E-state index in [9.17, 15) is 10.1 Å². The highest BCUT2D eigenvalue weighted by atomic mass is 32.1. The van der Waals surface area contributed by atoms with E-state index >= 15 is 0 Å². The summed E-state index contributed by atoms with van der Waals surface area (Å²) < 4.78 is 12.4. The minimum Gasteiger partial charge on any atom is -0.493 e. The standard InChI is InChI=1S/C13H15N5O4S/c1-3-21-11-6-12(22-4-2)10(18(19)20)5-9(11)7-15-17-8-14-16-13(17)23/h5-8H,3-4H2,1-2H3,(H,16,23)/b15-7-. The molecule has 9 nitrogen and oxygen atoms in total. The number of nitrogens with zero attached hydrogens (tertiary/aromatic N) is 4. The molecule has 1 N–H and O–H groups in total. The van der Waals surface area contributed by atoms with Crippen molar-refractivity contribution in [3.8, 4) is 11.5 Å². The second-order valence-corrected chi connectivity index (χ2v) is 4.62. The van der Waals surface area contributed by atoms with E-state index in [0.29, 0.717) is 29.3 Å². The van der Waals surface area contributed by atoms with Gasteiger partial charge in [-0.3, -0.25) is 15.2 Å². The molecule has 0 saturated heterocycles. The fourth-order valence-corrected chi connectivity index (χ4v) is 1.96. The third-order valence-corrected chi connectivity index (χ3v) is 3.02. The number of ether oxygens (including phenoxy) is 2. The lowest BCUT2D eigenvalue weighted by Crippen LogP contribution is -2.03. The van der Waals surface area contributed by atoms with Gasteiger partial charge in [-0.15, -0.1) is 0 Å². The number of nitro benzene ring substituents is 1. The van der Waals surface area contributed by atoms with Gasteiger partial charge in [-0.2, -0.15) is 14.9 Å². The van der Waals surface area contributed by atoms with Crippen LogP contribution >= 0.6 is 12.2 Å². The number of nitrogens with one attached hydrogen (secondary N) is 1. The molecule has 0 aliphatic rings. The van der Waals surface area contributed by atoms with Gasteiger partial charge in [-0.25, -0.2) is 0 Å². The predicted molar refractivity (Wildman–Crippen MR) is 85.8 cm³/mol. The van der Waals surface area contributed by atoms with Gasteiger partial charge in [0.1, 0.15) is 12.1 Å². The Morgan fingerprint density at radius 1 is 1.39 bits per heavy atom. The number of rotatable bonds is 7. The van der Waals surface area contributed by atoms with Crippen LogP contribution < -0.4 is 9.47 Å². The zero-order valence-corrected chi connectivity index (χ0v) is 13.4. The van der Waals surface area contributed by atoms with Gasteiger partial charge in [0.2, 0.25) is 10.5 Å². The Hall–Kier alpha value is -2.75. The van der Waals surface area contributed by atoms with E-state index < -0.39 is 4.92 Å². The van der Waals surface area contributed by atoms with Gasteiger partial charge in [0, 0.05) is 17.7 Å². The van der Waals surface area contributed by atoms with E-state index in [0.717, 1.165) is 0 Å². The molecule has 1 aromatic carbocycles. The molecule has 0 fully saturated rings. The van der Waals surface area contributed by atoms with Crippen molar-refractivity contribution >= 4 is 24.1 Å². The fraction of sp³-hybridized carbons (Fsp3) is 0.308. The summed E-state index contributed by atoms with van der Waals surface area (Å²) in [6.45, 7) is 4.27. The zero-order chi connectivity index (χ0) is 16.8. The average Bonchev–Trinajstić information content (AvgIpc) is 2.92. The van der Waals surface area contributed by atoms with Crippen molar-refractivity contribution in [3.05, 3.63) is 38.9 Å². The van der Waals surface area contributed by atoms with Gasteiger partial charge < -0.3 is 9.47 Å². The van der Waals surface area contributed by atoms with Crippen LogP contribution in [-0.4, -0.2) is 39.2 Å². The Morgan fingerprint density at radius 2 is 2.09 bits per heavy atom. The Morgan fingerprint density at radius 3 is 2.65 bits per heavy atom. The van der Waals surface area contributed by atoms with Crippen LogP contribution in [0.4, 0.5) is 5.69 Å². The summed E-state index contributed by atoms with van der Waals surface area (Å²) in [4.78, 5) is 10.7. The molecule has 23 heavy (non-hydrogen) atoms. The van der Waals surface area contributed by atoms with Gasteiger partial charge >= 0.3 is 5.69 Å². The maximum absolute atomic E-state index is 11.2. The SMILES string of the molecule is CCOc1cc(OCC)c([N+](=O)[O-])cc1/C=N\n1cn[nH]c1=S. The highest BCUT2D eigenvalue weighted by Crippen LogP contribution is 2.34. The Labute approximate surface area is 136 Å². The second-order valence-electron chi connectivity index (χ2n) is 4.23. The topological polar surface area (TPSA) is 108 Å². The number of benzene rings is 1. The van der Waals surface area contributed by atoms with Gasteiger partial charge in [0.05, 0.1) is 24.4 Å². The Kier molecular flexibility index (Phi) is 5.41. The van der Waals surface area contributed by atoms with Crippen molar-refractivity contribution in [2.45, 2.75) is 13.8 Å². The number of aromatic amines is 1. The summed E-state index contributed by atoms with van der Waals surface area (Å²) >= 11 is 4.98. The molecule has 1 aromatic heterocycles. The Balaban J connectivity index is 2.49. The smallest absolute Gasteiger partial charge is 0.311 e. The van der Waals surface area contributed by atoms with Crippen molar-refractivity contribution in [3.63, 3.8) is 0 Å². The van der Waals surface area contributed by atoms with E-state index in [-0.39, 0.29) is 11.4 Å². The lowest BCUT2D eigenvalue weighted by Gasteiger charge is -2.10. The molecule has 0 aliphatic heterocycles. The molecule has 1 heterocycles. The van der Waals surface area contributed by atoms with Crippen LogP contribution in [0.5, 0.6) is 11.5 Å².